The Morgan fingerprint density at radius 1 is 1.75 bits per heavy atom. The minimum Gasteiger partial charge on any atom is -0.352 e. The Bertz CT molecular complexity index is 160. The zero-order valence-electron chi connectivity index (χ0n) is 7.55. The van der Waals surface area contributed by atoms with Gasteiger partial charge in [0.2, 0.25) is 0 Å². The second kappa shape index (κ2) is 4.30. The van der Waals surface area contributed by atoms with Gasteiger partial charge in [-0.1, -0.05) is 0 Å². The molecule has 2 amide bonds. The maximum atomic E-state index is 10.4. The Kier molecular flexibility index (Phi) is 3.34. The normalized spacial score (nSPS) is 25.2. The molecule has 0 bridgehead atoms. The van der Waals surface area contributed by atoms with Crippen LogP contribution >= 0.6 is 0 Å². The first-order valence-electron chi connectivity index (χ1n) is 4.40. The zero-order chi connectivity index (χ0) is 8.97. The Balaban J connectivity index is 2.18. The van der Waals surface area contributed by atoms with Crippen LogP contribution in [-0.4, -0.2) is 37.6 Å². The number of likely N-dealkylation sites (tertiary alicyclic amines) is 1. The monoisotopic (exact) mass is 171 g/mol. The van der Waals surface area contributed by atoms with Crippen LogP contribution in [0.1, 0.15) is 12.8 Å². The largest absolute Gasteiger partial charge is 0.352 e. The van der Waals surface area contributed by atoms with Crippen LogP contribution in [0.3, 0.4) is 0 Å². The van der Waals surface area contributed by atoms with Crippen molar-refractivity contribution < 1.29 is 4.79 Å². The van der Waals surface area contributed by atoms with Crippen molar-refractivity contribution in [3.63, 3.8) is 0 Å². The van der Waals surface area contributed by atoms with Gasteiger partial charge in [0, 0.05) is 13.1 Å². The molecule has 1 unspecified atom stereocenters. The maximum absolute atomic E-state index is 10.4. The summed E-state index contributed by atoms with van der Waals surface area (Å²) in [6, 6.07) is -0.414. The number of nitrogens with one attached hydrogen (secondary N) is 1. The number of hydrogen-bond donors (Lipinski definition) is 2. The molecule has 1 heterocycles. The zero-order valence-corrected chi connectivity index (χ0v) is 7.55. The van der Waals surface area contributed by atoms with Crippen molar-refractivity contribution >= 4 is 6.03 Å². The highest BCUT2D eigenvalue weighted by molar-refractivity contribution is 5.71. The summed E-state index contributed by atoms with van der Waals surface area (Å²) in [4.78, 5) is 12.7. The second-order valence-electron chi connectivity index (χ2n) is 3.52. The summed E-state index contributed by atoms with van der Waals surface area (Å²) < 4.78 is 0. The van der Waals surface area contributed by atoms with Gasteiger partial charge in [0.25, 0.3) is 0 Å². The van der Waals surface area contributed by atoms with Crippen LogP contribution in [0.4, 0.5) is 4.79 Å². The van der Waals surface area contributed by atoms with Gasteiger partial charge in [0.15, 0.2) is 0 Å². The maximum Gasteiger partial charge on any atom is 0.312 e. The van der Waals surface area contributed by atoms with Gasteiger partial charge >= 0.3 is 6.03 Å². The van der Waals surface area contributed by atoms with Gasteiger partial charge in [-0.3, -0.25) is 0 Å². The fraction of sp³-hybridized carbons (Fsp3) is 0.875. The predicted octanol–water partition coefficient (Wildman–Crippen LogP) is -0.00350. The molecule has 0 aromatic heterocycles. The van der Waals surface area contributed by atoms with Crippen molar-refractivity contribution in [2.24, 2.45) is 11.7 Å². The minimum atomic E-state index is -0.414. The van der Waals surface area contributed by atoms with E-state index in [0.29, 0.717) is 5.92 Å². The number of nitrogens with zero attached hydrogens (tertiary/aromatic N) is 1. The number of amides is 2. The number of carbonyl (C=O) groups is 1. The number of piperidine rings is 1. The molecule has 4 heteroatoms. The summed E-state index contributed by atoms with van der Waals surface area (Å²) in [7, 11) is 2.11. The minimum absolute atomic E-state index is 0.414. The third kappa shape index (κ3) is 3.09. The van der Waals surface area contributed by atoms with Gasteiger partial charge in [-0.15, -0.1) is 0 Å². The lowest BCUT2D eigenvalue weighted by molar-refractivity contribution is 0.204. The van der Waals surface area contributed by atoms with Crippen LogP contribution in [0.15, 0.2) is 0 Å². The lowest BCUT2D eigenvalue weighted by atomic mass is 9.99. The van der Waals surface area contributed by atoms with Crippen molar-refractivity contribution in [1.29, 1.82) is 0 Å². The number of carbonyl (C=O) groups excluding carboxylic acids is 1. The molecule has 1 aliphatic heterocycles. The van der Waals surface area contributed by atoms with Gasteiger partial charge < -0.3 is 16.0 Å². The summed E-state index contributed by atoms with van der Waals surface area (Å²) in [5.74, 6) is 0.580. The van der Waals surface area contributed by atoms with Gasteiger partial charge in [-0.25, -0.2) is 4.79 Å². The molecule has 0 saturated carbocycles. The molecule has 70 valence electrons. The molecule has 1 aliphatic rings. The third-order valence-corrected chi connectivity index (χ3v) is 2.29. The van der Waals surface area contributed by atoms with E-state index in [1.807, 2.05) is 0 Å². The summed E-state index contributed by atoms with van der Waals surface area (Å²) in [5, 5.41) is 2.65. The van der Waals surface area contributed by atoms with E-state index in [9.17, 15) is 4.79 Å². The first-order valence-corrected chi connectivity index (χ1v) is 4.40. The topological polar surface area (TPSA) is 58.4 Å². The van der Waals surface area contributed by atoms with Gasteiger partial charge in [0.05, 0.1) is 0 Å². The molecule has 12 heavy (non-hydrogen) atoms. The molecule has 0 aromatic carbocycles. The number of hydrogen-bond acceptors (Lipinski definition) is 2. The molecule has 0 radical (unpaired) electrons. The van der Waals surface area contributed by atoms with E-state index in [1.54, 1.807) is 0 Å². The van der Waals surface area contributed by atoms with Crippen molar-refractivity contribution in [3.05, 3.63) is 0 Å². The van der Waals surface area contributed by atoms with Crippen molar-refractivity contribution in [1.82, 2.24) is 10.2 Å². The van der Waals surface area contributed by atoms with Gasteiger partial charge in [-0.05, 0) is 32.4 Å². The van der Waals surface area contributed by atoms with E-state index < -0.39 is 6.03 Å². The molecule has 1 rings (SSSR count). The Hall–Kier alpha value is -0.770. The van der Waals surface area contributed by atoms with Gasteiger partial charge in [-0.2, -0.15) is 0 Å². The number of urea groups is 1. The van der Waals surface area contributed by atoms with E-state index in [2.05, 4.69) is 17.3 Å². The van der Waals surface area contributed by atoms with Crippen LogP contribution in [0.5, 0.6) is 0 Å². The summed E-state index contributed by atoms with van der Waals surface area (Å²) in [6.45, 7) is 2.97. The average molecular weight is 171 g/mol. The molecule has 1 fully saturated rings. The predicted molar refractivity (Wildman–Crippen MR) is 47.8 cm³/mol. The van der Waals surface area contributed by atoms with Crippen molar-refractivity contribution in [2.45, 2.75) is 12.8 Å². The molecular formula is C8H17N3O. The fourth-order valence-electron chi connectivity index (χ4n) is 1.68. The van der Waals surface area contributed by atoms with E-state index in [-0.39, 0.29) is 0 Å². The molecule has 0 spiro atoms. The van der Waals surface area contributed by atoms with Crippen molar-refractivity contribution in [2.75, 3.05) is 26.7 Å². The molecule has 4 nitrogen and oxygen atoms in total. The molecule has 0 aromatic rings. The first kappa shape index (κ1) is 9.32. The smallest absolute Gasteiger partial charge is 0.312 e. The van der Waals surface area contributed by atoms with Crippen LogP contribution in [0.25, 0.3) is 0 Å². The Morgan fingerprint density at radius 3 is 3.08 bits per heavy atom. The van der Waals surface area contributed by atoms with E-state index in [1.165, 1.54) is 19.4 Å². The van der Waals surface area contributed by atoms with Crippen LogP contribution in [-0.2, 0) is 0 Å². The summed E-state index contributed by atoms with van der Waals surface area (Å²) in [6.07, 6.45) is 2.42. The molecular weight excluding hydrogens is 154 g/mol. The second-order valence-corrected chi connectivity index (χ2v) is 3.52. The molecule has 1 atom stereocenters. The highest BCUT2D eigenvalue weighted by atomic mass is 16.2. The SMILES string of the molecule is CN1CCCC(CNC(N)=O)C1. The third-order valence-electron chi connectivity index (χ3n) is 2.29. The average Bonchev–Trinajstić information content (AvgIpc) is 2.01. The van der Waals surface area contributed by atoms with Crippen LogP contribution in [0, 0.1) is 5.92 Å². The standard InChI is InChI=1S/C8H17N3O/c1-11-4-2-3-7(6-11)5-10-8(9)12/h7H,2-6H2,1H3,(H3,9,10,12). The molecule has 0 aliphatic carbocycles. The Labute approximate surface area is 73.1 Å². The number of primary amides is 1. The first-order chi connectivity index (χ1) is 5.68. The highest BCUT2D eigenvalue weighted by Crippen LogP contribution is 2.13. The quantitative estimate of drug-likeness (QED) is 0.614. The van der Waals surface area contributed by atoms with E-state index in [4.69, 9.17) is 5.73 Å². The van der Waals surface area contributed by atoms with E-state index >= 15 is 0 Å². The molecule has 1 saturated heterocycles. The summed E-state index contributed by atoms with van der Waals surface area (Å²) >= 11 is 0. The number of rotatable bonds is 2. The lowest BCUT2D eigenvalue weighted by Crippen LogP contribution is -2.40. The highest BCUT2D eigenvalue weighted by Gasteiger charge is 2.16. The summed E-state index contributed by atoms with van der Waals surface area (Å²) in [5.41, 5.74) is 4.98. The van der Waals surface area contributed by atoms with Crippen molar-refractivity contribution in [3.8, 4) is 0 Å². The van der Waals surface area contributed by atoms with E-state index in [0.717, 1.165) is 13.1 Å². The molecule has 3 N–H and O–H groups in total. The number of nitrogens with two attached hydrogens (primary N) is 1. The lowest BCUT2D eigenvalue weighted by Gasteiger charge is -2.29. The fourth-order valence-corrected chi connectivity index (χ4v) is 1.68. The van der Waals surface area contributed by atoms with Crippen LogP contribution < -0.4 is 11.1 Å². The van der Waals surface area contributed by atoms with Crippen LogP contribution in [0.2, 0.25) is 0 Å². The van der Waals surface area contributed by atoms with Gasteiger partial charge in [0.1, 0.15) is 0 Å². The Morgan fingerprint density at radius 2 is 2.50 bits per heavy atom.